The summed E-state index contributed by atoms with van der Waals surface area (Å²) in [4.78, 5) is 42.2. The molecule has 0 saturated carbocycles. The highest BCUT2D eigenvalue weighted by Gasteiger charge is 2.17. The van der Waals surface area contributed by atoms with Crippen LogP contribution >= 0.6 is 0 Å². The standard InChI is InChI=1S/C49H96N2O7/c1-7-13-17-19-24-30-36-47(52)55-42-40-51(39-38-50(11-5)12-6)41-43-56-49(54)58-46(34-28-18-14-8-2)35-29-23-21-20-22-25-31-37-48(53)57-44-45(32-26-15-9-3)33-27-16-10-4/h45-46H,7-44H2,1-6H3. The average molecular weight is 825 g/mol. The molecule has 0 heterocycles. The Kier molecular flexibility index (Phi) is 41.8. The zero-order valence-electron chi connectivity index (χ0n) is 39.3. The fourth-order valence-electron chi connectivity index (χ4n) is 7.54. The van der Waals surface area contributed by atoms with Crippen molar-refractivity contribution < 1.29 is 33.3 Å². The van der Waals surface area contributed by atoms with E-state index >= 15 is 0 Å². The van der Waals surface area contributed by atoms with E-state index in [1.54, 1.807) is 0 Å². The molecule has 1 unspecified atom stereocenters. The van der Waals surface area contributed by atoms with Crippen molar-refractivity contribution in [1.29, 1.82) is 0 Å². The van der Waals surface area contributed by atoms with Gasteiger partial charge < -0.3 is 23.8 Å². The van der Waals surface area contributed by atoms with Gasteiger partial charge in [-0.25, -0.2) is 4.79 Å². The van der Waals surface area contributed by atoms with Crippen molar-refractivity contribution in [2.24, 2.45) is 5.92 Å². The van der Waals surface area contributed by atoms with Crippen LogP contribution in [0.25, 0.3) is 0 Å². The van der Waals surface area contributed by atoms with Gasteiger partial charge in [0, 0.05) is 39.0 Å². The van der Waals surface area contributed by atoms with Crippen LogP contribution in [0.3, 0.4) is 0 Å². The number of rotatable bonds is 44. The Morgan fingerprint density at radius 1 is 0.414 bits per heavy atom. The molecule has 0 N–H and O–H groups in total. The van der Waals surface area contributed by atoms with E-state index in [2.05, 4.69) is 51.3 Å². The molecule has 0 aromatic heterocycles. The van der Waals surface area contributed by atoms with Crippen LogP contribution in [0.15, 0.2) is 0 Å². The molecule has 0 aliphatic rings. The molecule has 0 radical (unpaired) electrons. The van der Waals surface area contributed by atoms with Crippen LogP contribution in [0.1, 0.15) is 228 Å². The first-order valence-electron chi connectivity index (χ1n) is 24.9. The molecule has 344 valence electrons. The summed E-state index contributed by atoms with van der Waals surface area (Å²) in [7, 11) is 0. The van der Waals surface area contributed by atoms with Gasteiger partial charge >= 0.3 is 18.1 Å². The monoisotopic (exact) mass is 825 g/mol. The topological polar surface area (TPSA) is 94.6 Å². The number of nitrogens with zero attached hydrogens (tertiary/aromatic N) is 2. The summed E-state index contributed by atoms with van der Waals surface area (Å²) >= 11 is 0. The summed E-state index contributed by atoms with van der Waals surface area (Å²) in [5.41, 5.74) is 0. The van der Waals surface area contributed by atoms with E-state index in [4.69, 9.17) is 18.9 Å². The van der Waals surface area contributed by atoms with Crippen LogP contribution in [0.4, 0.5) is 4.79 Å². The van der Waals surface area contributed by atoms with Gasteiger partial charge in [-0.05, 0) is 70.4 Å². The highest BCUT2D eigenvalue weighted by Crippen LogP contribution is 2.20. The lowest BCUT2D eigenvalue weighted by Crippen LogP contribution is -2.39. The van der Waals surface area contributed by atoms with Gasteiger partial charge in [0.2, 0.25) is 0 Å². The second-order valence-corrected chi connectivity index (χ2v) is 16.8. The maximum atomic E-state index is 12.9. The van der Waals surface area contributed by atoms with Crippen LogP contribution in [0, 0.1) is 5.92 Å². The van der Waals surface area contributed by atoms with Gasteiger partial charge in [-0.2, -0.15) is 0 Å². The lowest BCUT2D eigenvalue weighted by Gasteiger charge is -2.26. The molecule has 0 saturated heterocycles. The lowest BCUT2D eigenvalue weighted by molar-refractivity contribution is -0.145. The Morgan fingerprint density at radius 3 is 1.33 bits per heavy atom. The predicted octanol–water partition coefficient (Wildman–Crippen LogP) is 13.2. The van der Waals surface area contributed by atoms with Crippen molar-refractivity contribution in [3.05, 3.63) is 0 Å². The van der Waals surface area contributed by atoms with Crippen LogP contribution in [0.5, 0.6) is 0 Å². The molecular weight excluding hydrogens is 729 g/mol. The summed E-state index contributed by atoms with van der Waals surface area (Å²) in [6.45, 7) is 19.3. The minimum atomic E-state index is -0.573. The van der Waals surface area contributed by atoms with Gasteiger partial charge in [0.15, 0.2) is 0 Å². The lowest BCUT2D eigenvalue weighted by atomic mass is 9.96. The zero-order chi connectivity index (χ0) is 42.7. The Balaban J connectivity index is 4.55. The van der Waals surface area contributed by atoms with Crippen molar-refractivity contribution >= 4 is 18.1 Å². The molecule has 0 aliphatic carbocycles. The van der Waals surface area contributed by atoms with E-state index < -0.39 is 6.16 Å². The number of esters is 2. The predicted molar refractivity (Wildman–Crippen MR) is 242 cm³/mol. The van der Waals surface area contributed by atoms with E-state index in [0.717, 1.165) is 103 Å². The summed E-state index contributed by atoms with van der Waals surface area (Å²) in [6.07, 6.45) is 31.0. The molecule has 58 heavy (non-hydrogen) atoms. The number of carbonyl (C=O) groups is 3. The molecule has 0 amide bonds. The second-order valence-electron chi connectivity index (χ2n) is 16.8. The fraction of sp³-hybridized carbons (Fsp3) is 0.939. The Morgan fingerprint density at radius 2 is 0.810 bits per heavy atom. The maximum absolute atomic E-state index is 12.9. The van der Waals surface area contributed by atoms with E-state index in [0.29, 0.717) is 45.1 Å². The highest BCUT2D eigenvalue weighted by molar-refractivity contribution is 5.69. The van der Waals surface area contributed by atoms with E-state index in [-0.39, 0.29) is 24.6 Å². The first kappa shape index (κ1) is 56.1. The minimum Gasteiger partial charge on any atom is -0.465 e. The third-order valence-corrected chi connectivity index (χ3v) is 11.6. The van der Waals surface area contributed by atoms with Gasteiger partial charge in [-0.3, -0.25) is 14.5 Å². The van der Waals surface area contributed by atoms with Crippen LogP contribution in [-0.2, 0) is 28.5 Å². The van der Waals surface area contributed by atoms with Gasteiger partial charge in [0.05, 0.1) is 6.61 Å². The van der Waals surface area contributed by atoms with E-state index in [1.165, 1.54) is 96.3 Å². The van der Waals surface area contributed by atoms with Gasteiger partial charge in [0.1, 0.15) is 19.3 Å². The number of carbonyl (C=O) groups excluding carboxylic acids is 3. The van der Waals surface area contributed by atoms with Gasteiger partial charge in [-0.1, -0.05) is 164 Å². The summed E-state index contributed by atoms with van der Waals surface area (Å²) in [5, 5.41) is 0. The Hall–Kier alpha value is -1.87. The SMILES string of the molecule is CCCCCCCCC(=O)OCCN(CCOC(=O)OC(CCCCCC)CCCCCCCCCC(=O)OCC(CCCCC)CCCCC)CCN(CC)CC. The Bertz CT molecular complexity index is 905. The largest absolute Gasteiger partial charge is 0.508 e. The fourth-order valence-corrected chi connectivity index (χ4v) is 7.54. The van der Waals surface area contributed by atoms with Gasteiger partial charge in [0.25, 0.3) is 0 Å². The minimum absolute atomic E-state index is 0.0243. The first-order valence-corrected chi connectivity index (χ1v) is 24.9. The molecule has 0 rings (SSSR count). The number of ether oxygens (including phenoxy) is 4. The molecule has 0 spiro atoms. The Labute approximate surface area is 359 Å². The average Bonchev–Trinajstić information content (AvgIpc) is 3.22. The molecule has 0 aromatic carbocycles. The quantitative estimate of drug-likeness (QED) is 0.0338. The summed E-state index contributed by atoms with van der Waals surface area (Å²) in [5.74, 6) is 0.378. The molecule has 0 fully saturated rings. The molecule has 9 nitrogen and oxygen atoms in total. The summed E-state index contributed by atoms with van der Waals surface area (Å²) in [6, 6.07) is 0. The van der Waals surface area contributed by atoms with Crippen LogP contribution < -0.4 is 0 Å². The number of likely N-dealkylation sites (N-methyl/N-ethyl adjacent to an activating group) is 1. The van der Waals surface area contributed by atoms with Crippen molar-refractivity contribution in [1.82, 2.24) is 9.80 Å². The molecule has 9 heteroatoms. The molecule has 0 aliphatic heterocycles. The zero-order valence-corrected chi connectivity index (χ0v) is 39.3. The first-order chi connectivity index (χ1) is 28.3. The number of hydrogen-bond acceptors (Lipinski definition) is 9. The van der Waals surface area contributed by atoms with Crippen LogP contribution in [-0.4, -0.2) is 93.1 Å². The van der Waals surface area contributed by atoms with Crippen LogP contribution in [0.2, 0.25) is 0 Å². The third-order valence-electron chi connectivity index (χ3n) is 11.6. The smallest absolute Gasteiger partial charge is 0.465 e. The highest BCUT2D eigenvalue weighted by atomic mass is 16.7. The van der Waals surface area contributed by atoms with Gasteiger partial charge in [-0.15, -0.1) is 0 Å². The van der Waals surface area contributed by atoms with Crippen molar-refractivity contribution in [3.8, 4) is 0 Å². The summed E-state index contributed by atoms with van der Waals surface area (Å²) < 4.78 is 22.8. The van der Waals surface area contributed by atoms with Crippen molar-refractivity contribution in [3.63, 3.8) is 0 Å². The molecule has 1 atom stereocenters. The molecule has 0 aromatic rings. The molecule has 0 bridgehead atoms. The van der Waals surface area contributed by atoms with Crippen molar-refractivity contribution in [2.45, 2.75) is 234 Å². The number of unbranched alkanes of at least 4 members (excludes halogenated alkanes) is 18. The number of hydrogen-bond donors (Lipinski definition) is 0. The van der Waals surface area contributed by atoms with Crippen molar-refractivity contribution in [2.75, 3.05) is 59.1 Å². The van der Waals surface area contributed by atoms with E-state index in [9.17, 15) is 14.4 Å². The molecular formula is C49H96N2O7. The van der Waals surface area contributed by atoms with E-state index in [1.807, 2.05) is 0 Å². The second kappa shape index (κ2) is 43.2. The normalized spacial score (nSPS) is 12.1. The maximum Gasteiger partial charge on any atom is 0.508 e. The third kappa shape index (κ3) is 37.2.